The number of ether oxygens (including phenoxy) is 1. The van der Waals surface area contributed by atoms with Crippen LogP contribution >= 0.6 is 11.8 Å². The maximum atomic E-state index is 12.7. The van der Waals surface area contributed by atoms with Gasteiger partial charge in [0.1, 0.15) is 18.1 Å². The zero-order chi connectivity index (χ0) is 24.1. The van der Waals surface area contributed by atoms with E-state index in [2.05, 4.69) is 0 Å². The Morgan fingerprint density at radius 2 is 1.82 bits per heavy atom. The van der Waals surface area contributed by atoms with E-state index in [0.717, 1.165) is 47.9 Å². The van der Waals surface area contributed by atoms with Crippen LogP contribution in [0, 0.1) is 0 Å². The number of furan rings is 1. The highest BCUT2D eigenvalue weighted by Crippen LogP contribution is 2.33. The minimum Gasteiger partial charge on any atom is -0.462 e. The lowest BCUT2D eigenvalue weighted by Gasteiger charge is -2.18. The lowest BCUT2D eigenvalue weighted by molar-refractivity contribution is -0.135. The van der Waals surface area contributed by atoms with Crippen LogP contribution in [0.3, 0.4) is 0 Å². The van der Waals surface area contributed by atoms with E-state index in [4.69, 9.17) is 9.15 Å². The number of benzene rings is 1. The lowest BCUT2D eigenvalue weighted by Crippen LogP contribution is -2.40. The summed E-state index contributed by atoms with van der Waals surface area (Å²) in [6.07, 6.45) is 5.18. The van der Waals surface area contributed by atoms with Crippen molar-refractivity contribution < 1.29 is 28.3 Å². The topological polar surface area (TPSA) is 97.1 Å². The zero-order valence-corrected chi connectivity index (χ0v) is 19.8. The van der Waals surface area contributed by atoms with E-state index < -0.39 is 11.1 Å². The third-order valence-corrected chi connectivity index (χ3v) is 6.57. The number of unbranched alkanes of at least 4 members (excludes halogenated alkanes) is 1. The van der Waals surface area contributed by atoms with Crippen molar-refractivity contribution in [2.24, 2.45) is 0 Å². The number of carbonyl (C=O) groups excluding carboxylic acids is 4. The Kier molecular flexibility index (Phi) is 7.52. The van der Waals surface area contributed by atoms with Gasteiger partial charge in [-0.1, -0.05) is 25.5 Å². The van der Waals surface area contributed by atoms with Crippen LogP contribution in [0.4, 0.5) is 4.79 Å². The molecule has 0 bridgehead atoms. The summed E-state index contributed by atoms with van der Waals surface area (Å²) in [6, 6.07) is 10.3. The molecule has 0 unspecified atom stereocenters. The van der Waals surface area contributed by atoms with Crippen LogP contribution in [0.25, 0.3) is 17.4 Å². The lowest BCUT2D eigenvalue weighted by atomic mass is 10.1. The van der Waals surface area contributed by atoms with Gasteiger partial charge in [0.15, 0.2) is 0 Å². The first-order chi connectivity index (χ1) is 16.5. The van der Waals surface area contributed by atoms with E-state index in [1.807, 2.05) is 6.92 Å². The van der Waals surface area contributed by atoms with Gasteiger partial charge in [-0.15, -0.1) is 0 Å². The SMILES string of the molecule is CCCCOC(=O)c1ccc(-c2ccc(/C=C3/SC(=O)N(CC(=O)N4CCCC4)C3=O)o2)cc1. The molecule has 3 heterocycles. The minimum absolute atomic E-state index is 0.209. The molecule has 4 rings (SSSR count). The predicted octanol–water partition coefficient (Wildman–Crippen LogP) is 4.56. The fourth-order valence-electron chi connectivity index (χ4n) is 3.72. The summed E-state index contributed by atoms with van der Waals surface area (Å²) in [5, 5.41) is -0.461. The number of hydrogen-bond acceptors (Lipinski definition) is 7. The van der Waals surface area contributed by atoms with E-state index >= 15 is 0 Å². The second kappa shape index (κ2) is 10.7. The average molecular weight is 483 g/mol. The Morgan fingerprint density at radius 1 is 1.09 bits per heavy atom. The van der Waals surface area contributed by atoms with Crippen molar-refractivity contribution in [1.82, 2.24) is 9.80 Å². The van der Waals surface area contributed by atoms with Crippen LogP contribution in [-0.2, 0) is 14.3 Å². The van der Waals surface area contributed by atoms with Crippen LogP contribution in [0.15, 0.2) is 45.7 Å². The number of likely N-dealkylation sites (tertiary alicyclic amines) is 1. The van der Waals surface area contributed by atoms with Crippen molar-refractivity contribution >= 4 is 40.9 Å². The first kappa shape index (κ1) is 23.8. The standard InChI is InChI=1S/C25H26N2O6S/c1-2-3-14-32-24(30)18-8-6-17(7-9-18)20-11-10-19(33-20)15-21-23(29)27(25(31)34-21)16-22(28)26-12-4-5-13-26/h6-11,15H,2-5,12-14,16H2,1H3/b21-15+. The number of rotatable bonds is 8. The number of amides is 3. The van der Waals surface area contributed by atoms with Gasteiger partial charge in [-0.3, -0.25) is 19.3 Å². The molecule has 178 valence electrons. The minimum atomic E-state index is -0.494. The van der Waals surface area contributed by atoms with Gasteiger partial charge >= 0.3 is 5.97 Å². The second-order valence-electron chi connectivity index (χ2n) is 8.12. The van der Waals surface area contributed by atoms with Gasteiger partial charge in [-0.05, 0) is 55.3 Å². The monoisotopic (exact) mass is 482 g/mol. The first-order valence-electron chi connectivity index (χ1n) is 11.4. The summed E-state index contributed by atoms with van der Waals surface area (Å²) in [4.78, 5) is 52.3. The molecule has 8 nitrogen and oxygen atoms in total. The Hall–Kier alpha value is -3.33. The molecule has 0 radical (unpaired) electrons. The Bertz CT molecular complexity index is 1110. The summed E-state index contributed by atoms with van der Waals surface area (Å²) >= 11 is 0.796. The van der Waals surface area contributed by atoms with Gasteiger partial charge in [0.25, 0.3) is 11.1 Å². The summed E-state index contributed by atoms with van der Waals surface area (Å²) in [6.45, 7) is 3.53. The molecule has 34 heavy (non-hydrogen) atoms. The molecule has 2 aliphatic rings. The molecule has 0 N–H and O–H groups in total. The Labute approximate surface area is 201 Å². The van der Waals surface area contributed by atoms with Crippen molar-refractivity contribution in [1.29, 1.82) is 0 Å². The number of imide groups is 1. The fourth-order valence-corrected chi connectivity index (χ4v) is 4.53. The van der Waals surface area contributed by atoms with E-state index in [1.54, 1.807) is 41.3 Å². The van der Waals surface area contributed by atoms with Crippen LogP contribution in [-0.4, -0.2) is 59.1 Å². The van der Waals surface area contributed by atoms with E-state index in [1.165, 1.54) is 6.08 Å². The van der Waals surface area contributed by atoms with Gasteiger partial charge in [-0.25, -0.2) is 4.79 Å². The normalized spacial score (nSPS) is 17.1. The summed E-state index contributed by atoms with van der Waals surface area (Å²) in [5.41, 5.74) is 1.22. The molecule has 2 aromatic rings. The Morgan fingerprint density at radius 3 is 2.53 bits per heavy atom. The number of esters is 1. The number of thioether (sulfide) groups is 1. The maximum Gasteiger partial charge on any atom is 0.338 e. The molecule has 9 heteroatoms. The quantitative estimate of drug-likeness (QED) is 0.309. The third kappa shape index (κ3) is 5.41. The molecule has 2 aliphatic heterocycles. The van der Waals surface area contributed by atoms with E-state index in [-0.39, 0.29) is 23.3 Å². The Balaban J connectivity index is 1.40. The van der Waals surface area contributed by atoms with Crippen molar-refractivity contribution in [2.45, 2.75) is 32.6 Å². The number of hydrogen-bond donors (Lipinski definition) is 0. The second-order valence-corrected chi connectivity index (χ2v) is 9.12. The highest BCUT2D eigenvalue weighted by molar-refractivity contribution is 8.18. The van der Waals surface area contributed by atoms with Gasteiger partial charge < -0.3 is 14.1 Å². The van der Waals surface area contributed by atoms with E-state index in [0.29, 0.717) is 36.8 Å². The highest BCUT2D eigenvalue weighted by Gasteiger charge is 2.37. The molecule has 1 aromatic heterocycles. The van der Waals surface area contributed by atoms with Crippen molar-refractivity contribution in [3.8, 4) is 11.3 Å². The molecule has 2 fully saturated rings. The average Bonchev–Trinajstić information content (AvgIpc) is 3.58. The van der Waals surface area contributed by atoms with E-state index in [9.17, 15) is 19.2 Å². The first-order valence-corrected chi connectivity index (χ1v) is 12.2. The largest absolute Gasteiger partial charge is 0.462 e. The van der Waals surface area contributed by atoms with Crippen LogP contribution in [0.1, 0.15) is 48.7 Å². The van der Waals surface area contributed by atoms with Gasteiger partial charge in [0.2, 0.25) is 5.91 Å². The third-order valence-electron chi connectivity index (χ3n) is 5.66. The van der Waals surface area contributed by atoms with Gasteiger partial charge in [-0.2, -0.15) is 0 Å². The number of carbonyl (C=O) groups is 4. The predicted molar refractivity (Wildman–Crippen MR) is 128 cm³/mol. The van der Waals surface area contributed by atoms with Crippen molar-refractivity contribution in [3.05, 3.63) is 52.6 Å². The maximum absolute atomic E-state index is 12.7. The van der Waals surface area contributed by atoms with Crippen LogP contribution in [0.2, 0.25) is 0 Å². The molecule has 3 amide bonds. The molecule has 0 aliphatic carbocycles. The summed E-state index contributed by atoms with van der Waals surface area (Å²) in [5.74, 6) is -0.0976. The van der Waals surface area contributed by atoms with Gasteiger partial charge in [0.05, 0.1) is 17.1 Å². The molecular weight excluding hydrogens is 456 g/mol. The molecule has 0 saturated carbocycles. The smallest absolute Gasteiger partial charge is 0.338 e. The molecule has 2 saturated heterocycles. The van der Waals surface area contributed by atoms with Crippen LogP contribution in [0.5, 0.6) is 0 Å². The molecule has 0 atom stereocenters. The summed E-state index contributed by atoms with van der Waals surface area (Å²) in [7, 11) is 0. The van der Waals surface area contributed by atoms with Crippen molar-refractivity contribution in [2.75, 3.05) is 26.2 Å². The summed E-state index contributed by atoms with van der Waals surface area (Å²) < 4.78 is 11.0. The number of nitrogens with zero attached hydrogens (tertiary/aromatic N) is 2. The highest BCUT2D eigenvalue weighted by atomic mass is 32.2. The van der Waals surface area contributed by atoms with Gasteiger partial charge in [0, 0.05) is 24.7 Å². The van der Waals surface area contributed by atoms with Crippen LogP contribution < -0.4 is 0 Å². The molecule has 1 aromatic carbocycles. The molecular formula is C25H26N2O6S. The molecule has 0 spiro atoms. The zero-order valence-electron chi connectivity index (χ0n) is 19.0. The fraction of sp³-hybridized carbons (Fsp3) is 0.360. The van der Waals surface area contributed by atoms with Crippen molar-refractivity contribution in [3.63, 3.8) is 0 Å².